The van der Waals surface area contributed by atoms with Crippen LogP contribution < -0.4 is 4.90 Å². The minimum absolute atomic E-state index is 0.0753. The van der Waals surface area contributed by atoms with Gasteiger partial charge in [-0.1, -0.05) is 23.7 Å². The molecule has 156 valence electrons. The summed E-state index contributed by atoms with van der Waals surface area (Å²) in [6.07, 6.45) is -2.34. The van der Waals surface area contributed by atoms with E-state index in [9.17, 15) is 18.0 Å². The lowest BCUT2D eigenvalue weighted by Crippen LogP contribution is -2.49. The second kappa shape index (κ2) is 7.90. The van der Waals surface area contributed by atoms with Crippen molar-refractivity contribution < 1.29 is 18.0 Å². The zero-order valence-corrected chi connectivity index (χ0v) is 16.2. The van der Waals surface area contributed by atoms with Crippen LogP contribution in [-0.4, -0.2) is 62.2 Å². The van der Waals surface area contributed by atoms with E-state index in [-0.39, 0.29) is 16.7 Å². The van der Waals surface area contributed by atoms with Crippen LogP contribution in [0.25, 0.3) is 5.69 Å². The van der Waals surface area contributed by atoms with Gasteiger partial charge in [0.25, 0.3) is 5.91 Å². The fourth-order valence-electron chi connectivity index (χ4n) is 3.24. The molecule has 0 bridgehead atoms. The summed E-state index contributed by atoms with van der Waals surface area (Å²) in [6.45, 7) is 1.50. The number of rotatable bonds is 3. The highest BCUT2D eigenvalue weighted by atomic mass is 35.5. The van der Waals surface area contributed by atoms with Crippen LogP contribution >= 0.6 is 11.6 Å². The van der Waals surface area contributed by atoms with Gasteiger partial charge >= 0.3 is 6.18 Å². The molecule has 30 heavy (non-hydrogen) atoms. The van der Waals surface area contributed by atoms with E-state index >= 15 is 0 Å². The monoisotopic (exact) mass is 437 g/mol. The molecular weight excluding hydrogens is 423 g/mol. The zero-order valence-electron chi connectivity index (χ0n) is 15.4. The summed E-state index contributed by atoms with van der Waals surface area (Å²) in [5.41, 5.74) is 0.107. The van der Waals surface area contributed by atoms with Crippen LogP contribution in [0.15, 0.2) is 42.9 Å². The average molecular weight is 438 g/mol. The number of piperazine rings is 1. The third kappa shape index (κ3) is 3.92. The van der Waals surface area contributed by atoms with Gasteiger partial charge in [-0.25, -0.2) is 4.98 Å². The summed E-state index contributed by atoms with van der Waals surface area (Å²) < 4.78 is 39.8. The Kier molecular flexibility index (Phi) is 5.29. The Balaban J connectivity index is 1.48. The number of para-hydroxylation sites is 1. The minimum Gasteiger partial charge on any atom is -0.352 e. The molecule has 1 saturated heterocycles. The highest BCUT2D eigenvalue weighted by Crippen LogP contribution is 2.33. The summed E-state index contributed by atoms with van der Waals surface area (Å²) in [7, 11) is 0. The molecular formula is C18H15ClF3N7O. The van der Waals surface area contributed by atoms with E-state index < -0.39 is 11.7 Å². The Morgan fingerprint density at radius 3 is 2.47 bits per heavy atom. The third-order valence-electron chi connectivity index (χ3n) is 4.75. The number of aromatic nitrogens is 5. The molecule has 12 heteroatoms. The van der Waals surface area contributed by atoms with Gasteiger partial charge in [-0.15, -0.1) is 5.10 Å². The number of hydrogen-bond donors (Lipinski definition) is 0. The quantitative estimate of drug-likeness (QED) is 0.627. The number of alkyl halides is 3. The third-order valence-corrected chi connectivity index (χ3v) is 5.02. The molecule has 1 aliphatic heterocycles. The molecule has 1 fully saturated rings. The first-order valence-electron chi connectivity index (χ1n) is 8.94. The summed E-state index contributed by atoms with van der Waals surface area (Å²) in [6, 6.07) is 7.84. The predicted molar refractivity (Wildman–Crippen MR) is 102 cm³/mol. The van der Waals surface area contributed by atoms with E-state index in [2.05, 4.69) is 20.5 Å². The maximum absolute atomic E-state index is 13.0. The number of hydrogen-bond acceptors (Lipinski definition) is 6. The molecule has 4 rings (SSSR count). The molecule has 0 N–H and O–H groups in total. The van der Waals surface area contributed by atoms with E-state index in [0.717, 1.165) is 12.3 Å². The Hall–Kier alpha value is -3.21. The highest BCUT2D eigenvalue weighted by Gasteiger charge is 2.32. The van der Waals surface area contributed by atoms with E-state index in [1.54, 1.807) is 34.1 Å². The van der Waals surface area contributed by atoms with Gasteiger partial charge < -0.3 is 9.80 Å². The smallest absolute Gasteiger partial charge is 0.352 e. The van der Waals surface area contributed by atoms with Crippen LogP contribution in [0.5, 0.6) is 0 Å². The van der Waals surface area contributed by atoms with Gasteiger partial charge in [0, 0.05) is 32.4 Å². The van der Waals surface area contributed by atoms with Crippen molar-refractivity contribution in [3.63, 3.8) is 0 Å². The van der Waals surface area contributed by atoms with Crippen LogP contribution in [0.3, 0.4) is 0 Å². The lowest BCUT2D eigenvalue weighted by Gasteiger charge is -2.36. The number of carbonyl (C=O) groups is 1. The van der Waals surface area contributed by atoms with Gasteiger partial charge in [0.15, 0.2) is 0 Å². The van der Waals surface area contributed by atoms with Gasteiger partial charge in [-0.2, -0.15) is 17.9 Å². The molecule has 0 atom stereocenters. The SMILES string of the molecule is O=C(c1ccccc1-n1cnnn1)N1CCN(c2ncc(C(F)(F)F)cc2Cl)CC1. The van der Waals surface area contributed by atoms with E-state index in [1.165, 1.54) is 11.0 Å². The van der Waals surface area contributed by atoms with E-state index in [1.807, 2.05) is 0 Å². The van der Waals surface area contributed by atoms with Crippen molar-refractivity contribution in [2.45, 2.75) is 6.18 Å². The topological polar surface area (TPSA) is 80.0 Å². The number of pyridine rings is 1. The minimum atomic E-state index is -4.51. The van der Waals surface area contributed by atoms with Crippen molar-refractivity contribution >= 4 is 23.3 Å². The highest BCUT2D eigenvalue weighted by molar-refractivity contribution is 6.33. The molecule has 0 aliphatic carbocycles. The Bertz CT molecular complexity index is 1050. The Morgan fingerprint density at radius 1 is 1.10 bits per heavy atom. The van der Waals surface area contributed by atoms with Crippen molar-refractivity contribution in [2.75, 3.05) is 31.1 Å². The number of halogens is 4. The van der Waals surface area contributed by atoms with Crippen LogP contribution in [0.1, 0.15) is 15.9 Å². The summed E-state index contributed by atoms with van der Waals surface area (Å²) in [4.78, 5) is 20.4. The molecule has 1 aromatic carbocycles. The van der Waals surface area contributed by atoms with Crippen LogP contribution in [0.4, 0.5) is 19.0 Å². The molecule has 2 aromatic heterocycles. The van der Waals surface area contributed by atoms with E-state index in [4.69, 9.17) is 11.6 Å². The number of tetrazole rings is 1. The van der Waals surface area contributed by atoms with Crippen LogP contribution in [-0.2, 0) is 6.18 Å². The van der Waals surface area contributed by atoms with Crippen molar-refractivity contribution in [2.24, 2.45) is 0 Å². The van der Waals surface area contributed by atoms with Crippen molar-refractivity contribution in [1.82, 2.24) is 30.1 Å². The molecule has 0 spiro atoms. The summed E-state index contributed by atoms with van der Waals surface area (Å²) in [5.74, 6) is 0.0816. The molecule has 3 heterocycles. The molecule has 1 amide bonds. The Morgan fingerprint density at radius 2 is 1.83 bits per heavy atom. The standard InChI is InChI=1S/C18H15ClF3N7O/c19-14-9-12(18(20,21)22)10-23-16(14)27-5-7-28(8-6-27)17(30)13-3-1-2-4-15(13)29-11-24-25-26-29/h1-4,9-11H,5-8H2. The number of benzene rings is 1. The normalized spacial score (nSPS) is 14.8. The fraction of sp³-hybridized carbons (Fsp3) is 0.278. The number of nitrogens with zero attached hydrogens (tertiary/aromatic N) is 7. The van der Waals surface area contributed by atoms with Gasteiger partial charge in [0.2, 0.25) is 0 Å². The van der Waals surface area contributed by atoms with Crippen molar-refractivity contribution in [3.8, 4) is 5.69 Å². The maximum Gasteiger partial charge on any atom is 0.417 e. The second-order valence-corrected chi connectivity index (χ2v) is 6.99. The van der Waals surface area contributed by atoms with Gasteiger partial charge in [-0.3, -0.25) is 4.79 Å². The first kappa shape index (κ1) is 20.1. The zero-order chi connectivity index (χ0) is 21.3. The van der Waals surface area contributed by atoms with Gasteiger partial charge in [0.05, 0.1) is 21.8 Å². The maximum atomic E-state index is 13.0. The lowest BCUT2D eigenvalue weighted by atomic mass is 10.1. The molecule has 0 unspecified atom stereocenters. The number of anilines is 1. The summed E-state index contributed by atoms with van der Waals surface area (Å²) >= 11 is 6.04. The van der Waals surface area contributed by atoms with Crippen molar-refractivity contribution in [1.29, 1.82) is 0 Å². The first-order chi connectivity index (χ1) is 14.3. The van der Waals surface area contributed by atoms with Crippen molar-refractivity contribution in [3.05, 3.63) is 59.0 Å². The first-order valence-corrected chi connectivity index (χ1v) is 9.32. The Labute approximate surface area is 173 Å². The largest absolute Gasteiger partial charge is 0.417 e. The number of carbonyl (C=O) groups excluding carboxylic acids is 1. The second-order valence-electron chi connectivity index (χ2n) is 6.58. The van der Waals surface area contributed by atoms with Gasteiger partial charge in [0.1, 0.15) is 12.1 Å². The van der Waals surface area contributed by atoms with Crippen LogP contribution in [0, 0.1) is 0 Å². The number of amides is 1. The molecule has 0 radical (unpaired) electrons. The molecule has 3 aromatic rings. The average Bonchev–Trinajstić information content (AvgIpc) is 3.27. The van der Waals surface area contributed by atoms with Gasteiger partial charge in [-0.05, 0) is 28.6 Å². The van der Waals surface area contributed by atoms with E-state index in [0.29, 0.717) is 37.4 Å². The molecule has 8 nitrogen and oxygen atoms in total. The van der Waals surface area contributed by atoms with Crippen LogP contribution in [0.2, 0.25) is 5.02 Å². The molecule has 0 saturated carbocycles. The lowest BCUT2D eigenvalue weighted by molar-refractivity contribution is -0.137. The molecule has 1 aliphatic rings. The summed E-state index contributed by atoms with van der Waals surface area (Å²) in [5, 5.41) is 10.9. The fourth-order valence-corrected chi connectivity index (χ4v) is 3.52. The predicted octanol–water partition coefficient (Wildman–Crippen LogP) is 2.69.